The van der Waals surface area contributed by atoms with Gasteiger partial charge in [-0.1, -0.05) is 0 Å². The molecule has 0 amide bonds. The van der Waals surface area contributed by atoms with Crippen LogP contribution in [0.25, 0.3) is 0 Å². The second kappa shape index (κ2) is 6.05. The highest BCUT2D eigenvalue weighted by Crippen LogP contribution is 2.26. The smallest absolute Gasteiger partial charge is 0.151 e. The standard InChI is InChI=1S/C14H24N4/c1-11(2)17-13-5-4-8-16-14(13)18(3)12-6-9-15-10-7-12/h4-5,8,11-12,15,17H,6-7,9-10H2,1-3H3/i11D. The summed E-state index contributed by atoms with van der Waals surface area (Å²) in [6.07, 6.45) is 4.09. The summed E-state index contributed by atoms with van der Waals surface area (Å²) in [5, 5.41) is 6.60. The zero-order valence-electron chi connectivity index (χ0n) is 12.5. The van der Waals surface area contributed by atoms with Gasteiger partial charge in [0.05, 0.1) is 7.06 Å². The largest absolute Gasteiger partial charge is 0.380 e. The van der Waals surface area contributed by atoms with Gasteiger partial charge in [0, 0.05) is 25.3 Å². The quantitative estimate of drug-likeness (QED) is 0.857. The summed E-state index contributed by atoms with van der Waals surface area (Å²) >= 11 is 0. The van der Waals surface area contributed by atoms with Crippen LogP contribution in [0.4, 0.5) is 11.5 Å². The van der Waals surface area contributed by atoms with E-state index in [9.17, 15) is 0 Å². The average molecular weight is 249 g/mol. The molecule has 0 bridgehead atoms. The maximum Gasteiger partial charge on any atom is 0.151 e. The summed E-state index contributed by atoms with van der Waals surface area (Å²) in [5.41, 5.74) is 0.934. The second-order valence-electron chi connectivity index (χ2n) is 5.09. The van der Waals surface area contributed by atoms with E-state index in [4.69, 9.17) is 1.37 Å². The molecule has 4 heteroatoms. The van der Waals surface area contributed by atoms with Gasteiger partial charge in [0.15, 0.2) is 5.82 Å². The van der Waals surface area contributed by atoms with Crippen molar-refractivity contribution in [2.45, 2.75) is 38.7 Å². The molecular formula is C14H24N4. The van der Waals surface area contributed by atoms with E-state index in [-0.39, 0.29) is 0 Å². The third kappa shape index (κ3) is 3.13. The molecule has 0 radical (unpaired) electrons. The minimum Gasteiger partial charge on any atom is -0.380 e. The van der Waals surface area contributed by atoms with Gasteiger partial charge in [-0.15, -0.1) is 0 Å². The molecule has 1 aliphatic rings. The third-order valence-electron chi connectivity index (χ3n) is 3.36. The summed E-state index contributed by atoms with van der Waals surface area (Å²) in [7, 11) is 2.10. The molecule has 0 unspecified atom stereocenters. The molecule has 2 N–H and O–H groups in total. The summed E-state index contributed by atoms with van der Waals surface area (Å²) in [5.74, 6) is 0.940. The van der Waals surface area contributed by atoms with E-state index < -0.39 is 6.02 Å². The molecule has 0 spiro atoms. The molecule has 18 heavy (non-hydrogen) atoms. The number of nitrogens with zero attached hydrogens (tertiary/aromatic N) is 2. The molecule has 1 saturated heterocycles. The van der Waals surface area contributed by atoms with E-state index in [0.29, 0.717) is 6.04 Å². The van der Waals surface area contributed by atoms with Crippen LogP contribution in [0.3, 0.4) is 0 Å². The monoisotopic (exact) mass is 249 g/mol. The molecule has 0 aliphatic carbocycles. The lowest BCUT2D eigenvalue weighted by atomic mass is 10.1. The van der Waals surface area contributed by atoms with E-state index in [1.165, 1.54) is 0 Å². The Balaban J connectivity index is 2.18. The predicted molar refractivity (Wildman–Crippen MR) is 77.3 cm³/mol. The average Bonchev–Trinajstić information content (AvgIpc) is 2.38. The van der Waals surface area contributed by atoms with Crippen molar-refractivity contribution in [1.29, 1.82) is 0 Å². The lowest BCUT2D eigenvalue weighted by Gasteiger charge is -2.33. The van der Waals surface area contributed by atoms with Gasteiger partial charge in [-0.05, 0) is 51.9 Å². The van der Waals surface area contributed by atoms with E-state index in [2.05, 4.69) is 27.6 Å². The van der Waals surface area contributed by atoms with Crippen LogP contribution in [-0.2, 0) is 0 Å². The molecular weight excluding hydrogens is 224 g/mol. The van der Waals surface area contributed by atoms with Crippen molar-refractivity contribution in [3.8, 4) is 0 Å². The fourth-order valence-electron chi connectivity index (χ4n) is 2.41. The van der Waals surface area contributed by atoms with Crippen molar-refractivity contribution in [3.63, 3.8) is 0 Å². The molecule has 2 heterocycles. The number of aromatic nitrogens is 1. The van der Waals surface area contributed by atoms with Crippen LogP contribution in [0.2, 0.25) is 0 Å². The summed E-state index contributed by atoms with van der Waals surface area (Å²) in [4.78, 5) is 6.74. The first-order valence-corrected chi connectivity index (χ1v) is 6.64. The molecule has 0 atom stereocenters. The van der Waals surface area contributed by atoms with Crippen molar-refractivity contribution in [2.75, 3.05) is 30.4 Å². The van der Waals surface area contributed by atoms with Gasteiger partial charge in [-0.2, -0.15) is 0 Å². The van der Waals surface area contributed by atoms with Gasteiger partial charge in [0.1, 0.15) is 0 Å². The van der Waals surface area contributed by atoms with Crippen molar-refractivity contribution in [1.82, 2.24) is 10.3 Å². The zero-order valence-corrected chi connectivity index (χ0v) is 11.5. The van der Waals surface area contributed by atoms with Gasteiger partial charge < -0.3 is 15.5 Å². The van der Waals surface area contributed by atoms with E-state index in [1.54, 1.807) is 0 Å². The number of hydrogen-bond donors (Lipinski definition) is 2. The van der Waals surface area contributed by atoms with Crippen molar-refractivity contribution >= 4 is 11.5 Å². The fourth-order valence-corrected chi connectivity index (χ4v) is 2.41. The van der Waals surface area contributed by atoms with Crippen LogP contribution in [-0.4, -0.2) is 37.2 Å². The highest BCUT2D eigenvalue weighted by Gasteiger charge is 2.20. The summed E-state index contributed by atoms with van der Waals surface area (Å²) in [6.45, 7) is 5.81. The molecule has 0 aromatic carbocycles. The molecule has 100 valence electrons. The third-order valence-corrected chi connectivity index (χ3v) is 3.36. The molecule has 1 fully saturated rings. The van der Waals surface area contributed by atoms with E-state index in [0.717, 1.165) is 37.4 Å². The van der Waals surface area contributed by atoms with Crippen LogP contribution >= 0.6 is 0 Å². The van der Waals surface area contributed by atoms with Crippen LogP contribution in [0.15, 0.2) is 18.3 Å². The first-order chi connectivity index (χ1) is 8.97. The minimum atomic E-state index is -0.702. The van der Waals surface area contributed by atoms with Gasteiger partial charge in [-0.3, -0.25) is 0 Å². The summed E-state index contributed by atoms with van der Waals surface area (Å²) < 4.78 is 7.98. The number of rotatable bonds is 4. The van der Waals surface area contributed by atoms with E-state index >= 15 is 0 Å². The van der Waals surface area contributed by atoms with Gasteiger partial charge >= 0.3 is 0 Å². The first kappa shape index (κ1) is 11.8. The molecule has 2 rings (SSSR count). The minimum absolute atomic E-state index is 0.519. The first-order valence-electron chi connectivity index (χ1n) is 7.14. The Kier molecular flexibility index (Phi) is 3.96. The molecule has 1 aromatic rings. The Morgan fingerprint density at radius 3 is 2.89 bits per heavy atom. The predicted octanol–water partition coefficient (Wildman–Crippen LogP) is 2.09. The molecule has 1 aliphatic heterocycles. The maximum atomic E-state index is 7.98. The lowest BCUT2D eigenvalue weighted by molar-refractivity contribution is 0.442. The van der Waals surface area contributed by atoms with Crippen LogP contribution in [0.1, 0.15) is 28.1 Å². The zero-order chi connectivity index (χ0) is 13.9. The van der Waals surface area contributed by atoms with Gasteiger partial charge in [-0.25, -0.2) is 4.98 Å². The highest BCUT2D eigenvalue weighted by atomic mass is 15.2. The maximum absolute atomic E-state index is 7.98. The fraction of sp³-hybridized carbons (Fsp3) is 0.643. The van der Waals surface area contributed by atoms with Crippen LogP contribution in [0, 0.1) is 0 Å². The number of piperidine rings is 1. The molecule has 4 nitrogen and oxygen atoms in total. The molecule has 1 aromatic heterocycles. The van der Waals surface area contributed by atoms with Crippen molar-refractivity contribution < 1.29 is 1.37 Å². The Morgan fingerprint density at radius 1 is 1.50 bits per heavy atom. The van der Waals surface area contributed by atoms with Crippen LogP contribution < -0.4 is 15.5 Å². The number of nitrogens with one attached hydrogen (secondary N) is 2. The molecule has 0 saturated carbocycles. The Hall–Kier alpha value is -1.29. The Labute approximate surface area is 111 Å². The topological polar surface area (TPSA) is 40.2 Å². The second-order valence-corrected chi connectivity index (χ2v) is 5.09. The Morgan fingerprint density at radius 2 is 2.22 bits per heavy atom. The lowest BCUT2D eigenvalue weighted by Crippen LogP contribution is -2.41. The van der Waals surface area contributed by atoms with Crippen molar-refractivity contribution in [2.24, 2.45) is 0 Å². The normalized spacial score (nSPS) is 18.3. The number of hydrogen-bond acceptors (Lipinski definition) is 4. The Bertz CT molecular complexity index is 410. The van der Waals surface area contributed by atoms with Gasteiger partial charge in [0.2, 0.25) is 0 Å². The summed E-state index contributed by atoms with van der Waals surface area (Å²) in [6, 6.07) is 3.72. The van der Waals surface area contributed by atoms with E-state index in [1.807, 2.05) is 32.2 Å². The highest BCUT2D eigenvalue weighted by molar-refractivity contribution is 5.65. The number of anilines is 2. The van der Waals surface area contributed by atoms with Gasteiger partial charge in [0.25, 0.3) is 0 Å². The SMILES string of the molecule is [2H]C(C)(C)Nc1cccnc1N(C)C1CCNCC1. The van der Waals surface area contributed by atoms with Crippen LogP contribution in [0.5, 0.6) is 0 Å². The van der Waals surface area contributed by atoms with Crippen molar-refractivity contribution in [3.05, 3.63) is 18.3 Å². The number of pyridine rings is 1.